The molecule has 0 bridgehead atoms. The normalized spacial score (nSPS) is 29.7. The molecule has 1 aliphatic rings. The van der Waals surface area contributed by atoms with E-state index >= 15 is 0 Å². The lowest BCUT2D eigenvalue weighted by molar-refractivity contribution is -0.460. The van der Waals surface area contributed by atoms with Gasteiger partial charge in [-0.1, -0.05) is 0 Å². The Morgan fingerprint density at radius 1 is 0.889 bits per heavy atom. The van der Waals surface area contributed by atoms with Crippen molar-refractivity contribution in [2.75, 3.05) is 6.61 Å². The Morgan fingerprint density at radius 3 is 1.44 bits per heavy atom. The van der Waals surface area contributed by atoms with Gasteiger partial charge in [-0.3, -0.25) is 4.74 Å². The molecule has 0 amide bonds. The highest BCUT2D eigenvalue weighted by molar-refractivity contribution is 4.98. The quantitative estimate of drug-likeness (QED) is 0.691. The van der Waals surface area contributed by atoms with E-state index in [-0.39, 0.29) is 6.92 Å². The molecule has 0 aliphatic carbocycles. The summed E-state index contributed by atoms with van der Waals surface area (Å²) in [6, 6.07) is 0. The first-order valence-electron chi connectivity index (χ1n) is 4.21. The number of ether oxygens (including phenoxy) is 2. The molecule has 1 rings (SSSR count). The van der Waals surface area contributed by atoms with Crippen molar-refractivity contribution < 1.29 is 49.0 Å². The summed E-state index contributed by atoms with van der Waals surface area (Å²) >= 11 is 0. The van der Waals surface area contributed by atoms with Gasteiger partial charge in [0.1, 0.15) is 6.61 Å². The molecule has 2 nitrogen and oxygen atoms in total. The molecule has 1 aliphatic heterocycles. The molecule has 18 heavy (non-hydrogen) atoms. The van der Waals surface area contributed by atoms with Crippen LogP contribution in [-0.2, 0) is 9.47 Å². The first-order valence-corrected chi connectivity index (χ1v) is 4.21. The third-order valence-electron chi connectivity index (χ3n) is 2.17. The van der Waals surface area contributed by atoms with Crippen molar-refractivity contribution in [2.24, 2.45) is 0 Å². The molecule has 11 heteroatoms. The second-order valence-corrected chi connectivity index (χ2v) is 3.62. The van der Waals surface area contributed by atoms with Gasteiger partial charge in [0, 0.05) is 6.92 Å². The molecule has 1 saturated heterocycles. The number of halogens is 9. The summed E-state index contributed by atoms with van der Waals surface area (Å²) in [7, 11) is 0. The minimum Gasteiger partial charge on any atom is -0.329 e. The first kappa shape index (κ1) is 15.3. The topological polar surface area (TPSA) is 18.5 Å². The van der Waals surface area contributed by atoms with Crippen LogP contribution in [0, 0.1) is 0 Å². The van der Waals surface area contributed by atoms with E-state index < -0.39 is 36.5 Å². The van der Waals surface area contributed by atoms with E-state index in [0.29, 0.717) is 0 Å². The zero-order chi connectivity index (χ0) is 14.6. The van der Waals surface area contributed by atoms with Gasteiger partial charge in [-0.05, 0) is 0 Å². The fourth-order valence-corrected chi connectivity index (χ4v) is 1.14. The summed E-state index contributed by atoms with van der Waals surface area (Å²) < 4.78 is 118. The van der Waals surface area contributed by atoms with E-state index in [2.05, 4.69) is 9.47 Å². The summed E-state index contributed by atoms with van der Waals surface area (Å²) in [5.74, 6) is -14.5. The molecular formula is C7H5F9O2. The van der Waals surface area contributed by atoms with Crippen molar-refractivity contribution >= 4 is 0 Å². The molecular weight excluding hydrogens is 287 g/mol. The maximum absolute atomic E-state index is 13.3. The van der Waals surface area contributed by atoms with Crippen LogP contribution in [0.2, 0.25) is 0 Å². The van der Waals surface area contributed by atoms with Crippen LogP contribution >= 0.6 is 0 Å². The van der Waals surface area contributed by atoms with Gasteiger partial charge < -0.3 is 4.74 Å². The van der Waals surface area contributed by atoms with Gasteiger partial charge in [0.15, 0.2) is 0 Å². The van der Waals surface area contributed by atoms with Gasteiger partial charge in [0.25, 0.3) is 5.85 Å². The van der Waals surface area contributed by atoms with Crippen LogP contribution < -0.4 is 0 Å². The Hall–Kier alpha value is -0.710. The molecule has 0 saturated carbocycles. The standard InChI is InChI=1S/C7H5F9O2/c1-3(8,9)4(10)2-17-5(18-4,6(11,12)13)7(14,15)16/h2H2,1H3. The minimum absolute atomic E-state index is 0.223. The van der Waals surface area contributed by atoms with Crippen LogP contribution in [0.5, 0.6) is 0 Å². The average Bonchev–Trinajstić information content (AvgIpc) is 2.42. The zero-order valence-electron chi connectivity index (χ0n) is 8.43. The Balaban J connectivity index is 3.23. The third-order valence-corrected chi connectivity index (χ3v) is 2.17. The van der Waals surface area contributed by atoms with Crippen LogP contribution in [0.25, 0.3) is 0 Å². The SMILES string of the molecule is CC(F)(F)C1(F)COC(C(F)(F)F)(C(F)(F)F)O1. The number of rotatable bonds is 1. The average molecular weight is 292 g/mol. The molecule has 0 N–H and O–H groups in total. The fraction of sp³-hybridized carbons (Fsp3) is 1.00. The third kappa shape index (κ3) is 2.02. The lowest BCUT2D eigenvalue weighted by Crippen LogP contribution is -2.60. The Bertz CT molecular complexity index is 313. The summed E-state index contributed by atoms with van der Waals surface area (Å²) in [6.07, 6.45) is -12.5. The maximum atomic E-state index is 13.3. The number of hydrogen-bond acceptors (Lipinski definition) is 2. The van der Waals surface area contributed by atoms with E-state index in [4.69, 9.17) is 0 Å². The molecule has 0 aromatic carbocycles. The van der Waals surface area contributed by atoms with Crippen molar-refractivity contribution in [3.05, 3.63) is 0 Å². The van der Waals surface area contributed by atoms with E-state index in [1.54, 1.807) is 0 Å². The van der Waals surface area contributed by atoms with Crippen LogP contribution in [-0.4, -0.2) is 36.5 Å². The van der Waals surface area contributed by atoms with Crippen molar-refractivity contribution in [1.29, 1.82) is 0 Å². The molecule has 0 aromatic heterocycles. The Morgan fingerprint density at radius 2 is 1.28 bits per heavy atom. The molecule has 108 valence electrons. The maximum Gasteiger partial charge on any atom is 0.453 e. The summed E-state index contributed by atoms with van der Waals surface area (Å²) in [4.78, 5) is 0. The molecule has 0 radical (unpaired) electrons. The fourth-order valence-electron chi connectivity index (χ4n) is 1.14. The van der Waals surface area contributed by atoms with E-state index in [1.807, 2.05) is 0 Å². The summed E-state index contributed by atoms with van der Waals surface area (Å²) in [5, 5.41) is 0. The van der Waals surface area contributed by atoms with E-state index in [9.17, 15) is 39.5 Å². The van der Waals surface area contributed by atoms with E-state index in [0.717, 1.165) is 0 Å². The predicted molar refractivity (Wildman–Crippen MR) is 36.3 cm³/mol. The van der Waals surface area contributed by atoms with Crippen molar-refractivity contribution in [3.63, 3.8) is 0 Å². The number of alkyl halides is 9. The van der Waals surface area contributed by atoms with E-state index in [1.165, 1.54) is 0 Å². The second-order valence-electron chi connectivity index (χ2n) is 3.62. The van der Waals surface area contributed by atoms with Crippen molar-refractivity contribution in [2.45, 2.75) is 36.8 Å². The Kier molecular flexibility index (Phi) is 3.11. The van der Waals surface area contributed by atoms with Crippen LogP contribution in [0.3, 0.4) is 0 Å². The van der Waals surface area contributed by atoms with Crippen molar-refractivity contribution in [3.8, 4) is 0 Å². The number of hydrogen-bond donors (Lipinski definition) is 0. The highest BCUT2D eigenvalue weighted by Gasteiger charge is 2.82. The van der Waals surface area contributed by atoms with Gasteiger partial charge in [0.2, 0.25) is 0 Å². The van der Waals surface area contributed by atoms with Crippen molar-refractivity contribution in [1.82, 2.24) is 0 Å². The summed E-state index contributed by atoms with van der Waals surface area (Å²) in [6.45, 7) is -2.42. The van der Waals surface area contributed by atoms with Gasteiger partial charge >= 0.3 is 24.1 Å². The molecule has 1 heterocycles. The highest BCUT2D eigenvalue weighted by Crippen LogP contribution is 2.55. The van der Waals surface area contributed by atoms with Gasteiger partial charge in [-0.2, -0.15) is 26.3 Å². The van der Waals surface area contributed by atoms with Gasteiger partial charge in [-0.25, -0.2) is 13.2 Å². The molecule has 1 fully saturated rings. The molecule has 0 aromatic rings. The first-order chi connectivity index (χ1) is 7.66. The molecule has 0 spiro atoms. The minimum atomic E-state index is -6.26. The monoisotopic (exact) mass is 292 g/mol. The lowest BCUT2D eigenvalue weighted by Gasteiger charge is -2.33. The smallest absolute Gasteiger partial charge is 0.329 e. The largest absolute Gasteiger partial charge is 0.453 e. The molecule has 1 unspecified atom stereocenters. The highest BCUT2D eigenvalue weighted by atomic mass is 19.4. The molecule has 1 atom stereocenters. The van der Waals surface area contributed by atoms with Gasteiger partial charge in [-0.15, -0.1) is 0 Å². The van der Waals surface area contributed by atoms with Crippen LogP contribution in [0.15, 0.2) is 0 Å². The van der Waals surface area contributed by atoms with Crippen LogP contribution in [0.1, 0.15) is 6.92 Å². The lowest BCUT2D eigenvalue weighted by atomic mass is 10.2. The summed E-state index contributed by atoms with van der Waals surface area (Å²) in [5.41, 5.74) is 0. The van der Waals surface area contributed by atoms with Gasteiger partial charge in [0.05, 0.1) is 0 Å². The second kappa shape index (κ2) is 3.65. The predicted octanol–water partition coefficient (Wildman–Crippen LogP) is 3.18. The van der Waals surface area contributed by atoms with Crippen LogP contribution in [0.4, 0.5) is 39.5 Å². The zero-order valence-corrected chi connectivity index (χ0v) is 8.43. The Labute approximate surface area is 93.6 Å².